The molecule has 0 spiro atoms. The summed E-state index contributed by atoms with van der Waals surface area (Å²) in [4.78, 5) is 24.9. The highest BCUT2D eigenvalue weighted by Gasteiger charge is 2.28. The molecule has 0 unspecified atom stereocenters. The molecule has 0 aliphatic heterocycles. The van der Waals surface area contributed by atoms with Gasteiger partial charge in [-0.1, -0.05) is 74.5 Å². The van der Waals surface area contributed by atoms with Gasteiger partial charge in [0, 0.05) is 11.8 Å². The Morgan fingerprint density at radius 2 is 1.52 bits per heavy atom. The van der Waals surface area contributed by atoms with Crippen molar-refractivity contribution in [3.63, 3.8) is 0 Å². The Bertz CT molecular complexity index is 1240. The topological polar surface area (TPSA) is 118 Å². The number of rotatable bonds is 10. The Labute approximate surface area is 194 Å². The normalized spacial score (nSPS) is 13.4. The van der Waals surface area contributed by atoms with Gasteiger partial charge in [0.2, 0.25) is 21.8 Å². The molecule has 0 saturated carbocycles. The van der Waals surface area contributed by atoms with Crippen molar-refractivity contribution in [2.75, 3.05) is 0 Å². The zero-order chi connectivity index (χ0) is 24.0. The van der Waals surface area contributed by atoms with Crippen molar-refractivity contribution in [2.24, 2.45) is 5.73 Å². The highest BCUT2D eigenvalue weighted by molar-refractivity contribution is 7.89. The molecule has 0 bridgehead atoms. The van der Waals surface area contributed by atoms with Gasteiger partial charge in [-0.15, -0.1) is 0 Å². The molecule has 0 heterocycles. The van der Waals surface area contributed by atoms with Crippen molar-refractivity contribution < 1.29 is 18.0 Å². The van der Waals surface area contributed by atoms with Crippen LogP contribution in [0.25, 0.3) is 10.8 Å². The van der Waals surface area contributed by atoms with Crippen LogP contribution >= 0.6 is 0 Å². The molecule has 174 valence electrons. The maximum absolute atomic E-state index is 13.2. The van der Waals surface area contributed by atoms with Crippen LogP contribution in [0.15, 0.2) is 71.6 Å². The van der Waals surface area contributed by atoms with Crippen molar-refractivity contribution in [3.05, 3.63) is 77.9 Å². The van der Waals surface area contributed by atoms with Crippen molar-refractivity contribution in [3.8, 4) is 0 Å². The third kappa shape index (κ3) is 5.77. The van der Waals surface area contributed by atoms with Crippen LogP contribution in [0.5, 0.6) is 0 Å². The zero-order valence-corrected chi connectivity index (χ0v) is 19.6. The fourth-order valence-electron chi connectivity index (χ4n) is 3.79. The molecule has 0 radical (unpaired) electrons. The number of aryl methyl sites for hydroxylation is 1. The third-order valence-electron chi connectivity index (χ3n) is 5.61. The monoisotopic (exact) mass is 467 g/mol. The molecule has 7 nitrogen and oxygen atoms in total. The molecule has 4 N–H and O–H groups in total. The molecule has 3 aromatic rings. The van der Waals surface area contributed by atoms with E-state index in [0.29, 0.717) is 5.39 Å². The second kappa shape index (κ2) is 10.6. The Morgan fingerprint density at radius 3 is 2.12 bits per heavy atom. The second-order valence-corrected chi connectivity index (χ2v) is 9.54. The van der Waals surface area contributed by atoms with Gasteiger partial charge in [-0.05, 0) is 35.4 Å². The molecule has 0 aliphatic carbocycles. The van der Waals surface area contributed by atoms with Gasteiger partial charge in [0.25, 0.3) is 0 Å². The SMILES string of the molecule is CCc1ccc(S(=O)(=O)N[C@@H](CC)C(=O)N[C@@H](Cc2ccccc2)C(N)=O)c2ccccc12. The van der Waals surface area contributed by atoms with Crippen molar-refractivity contribution >= 4 is 32.6 Å². The molecule has 0 aromatic heterocycles. The largest absolute Gasteiger partial charge is 0.368 e. The molecule has 0 fully saturated rings. The molecule has 0 aliphatic rings. The molecule has 33 heavy (non-hydrogen) atoms. The minimum absolute atomic E-state index is 0.109. The number of benzene rings is 3. The Hall–Kier alpha value is -3.23. The smallest absolute Gasteiger partial charge is 0.241 e. The number of carbonyl (C=O) groups excluding carboxylic acids is 2. The van der Waals surface area contributed by atoms with E-state index in [0.717, 1.165) is 22.9 Å². The van der Waals surface area contributed by atoms with Crippen molar-refractivity contribution in [1.82, 2.24) is 10.0 Å². The number of amides is 2. The van der Waals surface area contributed by atoms with Crippen LogP contribution in [0.1, 0.15) is 31.4 Å². The third-order valence-corrected chi connectivity index (χ3v) is 7.14. The molecular weight excluding hydrogens is 438 g/mol. The van der Waals surface area contributed by atoms with Gasteiger partial charge in [-0.3, -0.25) is 9.59 Å². The van der Waals surface area contributed by atoms with Crippen LogP contribution in [0.2, 0.25) is 0 Å². The van der Waals surface area contributed by atoms with Gasteiger partial charge in [0.15, 0.2) is 0 Å². The standard InChI is InChI=1S/C25H29N3O4S/c1-3-18-14-15-23(20-13-9-8-12-19(18)20)33(31,32)28-21(4-2)25(30)27-22(24(26)29)16-17-10-6-5-7-11-17/h5-15,21-22,28H,3-4,16H2,1-2H3,(H2,26,29)(H,27,30)/t21-,22-/m0/s1. The molecule has 3 aromatic carbocycles. The van der Waals surface area contributed by atoms with Crippen LogP contribution in [0.4, 0.5) is 0 Å². The van der Waals surface area contributed by atoms with Gasteiger partial charge in [-0.25, -0.2) is 8.42 Å². The van der Waals surface area contributed by atoms with E-state index >= 15 is 0 Å². The predicted molar refractivity (Wildman–Crippen MR) is 129 cm³/mol. The summed E-state index contributed by atoms with van der Waals surface area (Å²) in [6.45, 7) is 3.71. The maximum Gasteiger partial charge on any atom is 0.241 e. The number of hydrogen-bond donors (Lipinski definition) is 3. The van der Waals surface area contributed by atoms with Crippen LogP contribution in [0, 0.1) is 0 Å². The number of nitrogens with one attached hydrogen (secondary N) is 2. The lowest BCUT2D eigenvalue weighted by Gasteiger charge is -2.21. The number of fused-ring (bicyclic) bond motifs is 1. The van der Waals surface area contributed by atoms with E-state index in [-0.39, 0.29) is 17.7 Å². The maximum atomic E-state index is 13.2. The first-order valence-corrected chi connectivity index (χ1v) is 12.4. The molecule has 2 atom stereocenters. The fraction of sp³-hybridized carbons (Fsp3) is 0.280. The molecule has 3 rings (SSSR count). The van der Waals surface area contributed by atoms with E-state index in [1.807, 2.05) is 49.4 Å². The van der Waals surface area contributed by atoms with Crippen LogP contribution in [-0.4, -0.2) is 32.3 Å². The van der Waals surface area contributed by atoms with Gasteiger partial charge >= 0.3 is 0 Å². The molecule has 0 saturated heterocycles. The Kier molecular flexibility index (Phi) is 7.84. The summed E-state index contributed by atoms with van der Waals surface area (Å²) < 4.78 is 29.0. The van der Waals surface area contributed by atoms with Crippen molar-refractivity contribution in [2.45, 2.75) is 50.1 Å². The van der Waals surface area contributed by atoms with Crippen molar-refractivity contribution in [1.29, 1.82) is 0 Å². The highest BCUT2D eigenvalue weighted by atomic mass is 32.2. The van der Waals surface area contributed by atoms with E-state index in [1.165, 1.54) is 0 Å². The van der Waals surface area contributed by atoms with E-state index in [1.54, 1.807) is 31.2 Å². The van der Waals surface area contributed by atoms with Gasteiger partial charge in [-0.2, -0.15) is 4.72 Å². The van der Waals surface area contributed by atoms with Crippen LogP contribution in [-0.2, 0) is 32.5 Å². The van der Waals surface area contributed by atoms with Gasteiger partial charge in [0.05, 0.1) is 4.90 Å². The van der Waals surface area contributed by atoms with E-state index in [2.05, 4.69) is 10.0 Å². The van der Waals surface area contributed by atoms with E-state index in [9.17, 15) is 18.0 Å². The zero-order valence-electron chi connectivity index (χ0n) is 18.7. The summed E-state index contributed by atoms with van der Waals surface area (Å²) in [6.07, 6.45) is 1.19. The number of carbonyl (C=O) groups is 2. The lowest BCUT2D eigenvalue weighted by atomic mass is 10.0. The number of hydrogen-bond acceptors (Lipinski definition) is 4. The summed E-state index contributed by atoms with van der Waals surface area (Å²) >= 11 is 0. The summed E-state index contributed by atoms with van der Waals surface area (Å²) in [5.41, 5.74) is 7.36. The average molecular weight is 468 g/mol. The summed E-state index contributed by atoms with van der Waals surface area (Å²) in [5.74, 6) is -1.29. The van der Waals surface area contributed by atoms with Crippen LogP contribution < -0.4 is 15.8 Å². The minimum atomic E-state index is -4.01. The lowest BCUT2D eigenvalue weighted by Crippen LogP contribution is -2.53. The first-order chi connectivity index (χ1) is 15.8. The number of nitrogens with two attached hydrogens (primary N) is 1. The fourth-order valence-corrected chi connectivity index (χ4v) is 5.28. The first kappa shape index (κ1) is 24.4. The summed E-state index contributed by atoms with van der Waals surface area (Å²) in [6, 6.07) is 17.8. The van der Waals surface area contributed by atoms with E-state index in [4.69, 9.17) is 5.73 Å². The Morgan fingerprint density at radius 1 is 0.879 bits per heavy atom. The average Bonchev–Trinajstić information content (AvgIpc) is 2.81. The van der Waals surface area contributed by atoms with Gasteiger partial charge < -0.3 is 11.1 Å². The summed E-state index contributed by atoms with van der Waals surface area (Å²) in [7, 11) is -4.01. The Balaban J connectivity index is 1.82. The van der Waals surface area contributed by atoms with Crippen LogP contribution in [0.3, 0.4) is 0 Å². The second-order valence-electron chi connectivity index (χ2n) is 7.86. The molecule has 2 amide bonds. The van der Waals surface area contributed by atoms with Gasteiger partial charge in [0.1, 0.15) is 12.1 Å². The quantitative estimate of drug-likeness (QED) is 0.425. The van der Waals surface area contributed by atoms with E-state index < -0.39 is 33.9 Å². The number of sulfonamides is 1. The lowest BCUT2D eigenvalue weighted by molar-refractivity contribution is -0.128. The minimum Gasteiger partial charge on any atom is -0.368 e. The molecular formula is C25H29N3O4S. The predicted octanol–water partition coefficient (Wildman–Crippen LogP) is 2.67. The number of primary amides is 1. The first-order valence-electron chi connectivity index (χ1n) is 10.9. The highest BCUT2D eigenvalue weighted by Crippen LogP contribution is 2.27. The molecule has 8 heteroatoms. The summed E-state index contributed by atoms with van der Waals surface area (Å²) in [5, 5.41) is 4.06.